The molecule has 0 saturated heterocycles. The van der Waals surface area contributed by atoms with Gasteiger partial charge in [0.05, 0.1) is 0 Å². The molecule has 0 radical (unpaired) electrons. The monoisotopic (exact) mass is 225 g/mol. The van der Waals surface area contributed by atoms with E-state index in [1.165, 1.54) is 11.5 Å². The van der Waals surface area contributed by atoms with Crippen molar-refractivity contribution in [1.29, 1.82) is 0 Å². The second kappa shape index (κ2) is 4.64. The lowest BCUT2D eigenvalue weighted by Crippen LogP contribution is -2.09. The Kier molecular flexibility index (Phi) is 3.78. The van der Waals surface area contributed by atoms with Crippen LogP contribution in [0.4, 0.5) is 0 Å². The van der Waals surface area contributed by atoms with Crippen molar-refractivity contribution < 1.29 is 9.53 Å². The molecule has 1 aromatic rings. The zero-order valence-corrected chi connectivity index (χ0v) is 8.14. The molecule has 0 aliphatic rings. The summed E-state index contributed by atoms with van der Waals surface area (Å²) in [7, 11) is 0. The standard InChI is InChI=1S/C6H5Cl2NO2S/c7-5(6(8)11-3-10)4-1-2-9-12-4/h1-3,5-6H. The molecule has 0 N–H and O–H groups in total. The van der Waals surface area contributed by atoms with E-state index in [1.54, 1.807) is 12.3 Å². The Hall–Kier alpha value is -0.320. The van der Waals surface area contributed by atoms with E-state index in [9.17, 15) is 4.79 Å². The van der Waals surface area contributed by atoms with Gasteiger partial charge in [0.25, 0.3) is 6.47 Å². The highest BCUT2D eigenvalue weighted by atomic mass is 35.5. The zero-order valence-electron chi connectivity index (χ0n) is 5.81. The lowest BCUT2D eigenvalue weighted by atomic mass is 10.3. The number of alkyl halides is 2. The molecule has 3 nitrogen and oxygen atoms in total. The maximum absolute atomic E-state index is 9.91. The minimum absolute atomic E-state index is 0.272. The molecule has 0 bridgehead atoms. The quantitative estimate of drug-likeness (QED) is 0.583. The Morgan fingerprint density at radius 1 is 1.67 bits per heavy atom. The fourth-order valence-corrected chi connectivity index (χ4v) is 1.71. The fraction of sp³-hybridized carbons (Fsp3) is 0.333. The first kappa shape index (κ1) is 9.77. The third-order valence-corrected chi connectivity index (χ3v) is 3.05. The number of ether oxygens (including phenoxy) is 1. The molecule has 2 atom stereocenters. The van der Waals surface area contributed by atoms with E-state index in [0.29, 0.717) is 0 Å². The number of carbonyl (C=O) groups is 1. The molecule has 0 saturated carbocycles. The SMILES string of the molecule is O=COC(Cl)C(Cl)c1ccns1. The van der Waals surface area contributed by atoms with Gasteiger partial charge in [0.1, 0.15) is 5.38 Å². The highest BCUT2D eigenvalue weighted by Crippen LogP contribution is 2.30. The number of halogens is 2. The third-order valence-electron chi connectivity index (χ3n) is 1.15. The Balaban J connectivity index is 2.58. The van der Waals surface area contributed by atoms with Crippen molar-refractivity contribution in [1.82, 2.24) is 4.37 Å². The topological polar surface area (TPSA) is 39.2 Å². The van der Waals surface area contributed by atoms with Gasteiger partial charge >= 0.3 is 0 Å². The number of carbonyl (C=O) groups excluding carboxylic acids is 1. The summed E-state index contributed by atoms with van der Waals surface area (Å²) in [5.41, 5.74) is -0.843. The van der Waals surface area contributed by atoms with Crippen LogP contribution in [0.25, 0.3) is 0 Å². The van der Waals surface area contributed by atoms with Crippen molar-refractivity contribution in [3.63, 3.8) is 0 Å². The van der Waals surface area contributed by atoms with Gasteiger partial charge in [-0.15, -0.1) is 11.6 Å². The van der Waals surface area contributed by atoms with Crippen LogP contribution in [0.2, 0.25) is 0 Å². The molecule has 12 heavy (non-hydrogen) atoms. The molecule has 0 spiro atoms. The predicted molar refractivity (Wildman–Crippen MR) is 47.5 cm³/mol. The zero-order chi connectivity index (χ0) is 8.97. The largest absolute Gasteiger partial charge is 0.446 e. The number of aromatic nitrogens is 1. The van der Waals surface area contributed by atoms with Gasteiger partial charge in [-0.3, -0.25) is 4.79 Å². The molecule has 0 amide bonds. The van der Waals surface area contributed by atoms with Crippen LogP contribution >= 0.6 is 34.7 Å². The van der Waals surface area contributed by atoms with Crippen LogP contribution in [0.5, 0.6) is 0 Å². The third kappa shape index (κ3) is 2.33. The first-order valence-electron chi connectivity index (χ1n) is 3.03. The van der Waals surface area contributed by atoms with Crippen LogP contribution < -0.4 is 0 Å². The molecule has 1 aromatic heterocycles. The molecule has 1 rings (SSSR count). The van der Waals surface area contributed by atoms with Crippen molar-refractivity contribution in [2.45, 2.75) is 10.9 Å². The number of hydrogen-bond acceptors (Lipinski definition) is 4. The second-order valence-electron chi connectivity index (χ2n) is 1.90. The minimum atomic E-state index is -0.843. The summed E-state index contributed by atoms with van der Waals surface area (Å²) in [6.45, 7) is 0.272. The normalized spacial score (nSPS) is 15.2. The summed E-state index contributed by atoms with van der Waals surface area (Å²) in [4.78, 5) is 10.7. The molecule has 6 heteroatoms. The van der Waals surface area contributed by atoms with Crippen molar-refractivity contribution in [3.05, 3.63) is 17.1 Å². The van der Waals surface area contributed by atoms with Crippen LogP contribution in [-0.2, 0) is 9.53 Å². The van der Waals surface area contributed by atoms with Gasteiger partial charge < -0.3 is 4.74 Å². The lowest BCUT2D eigenvalue weighted by molar-refractivity contribution is -0.130. The molecule has 0 aliphatic heterocycles. The van der Waals surface area contributed by atoms with Crippen molar-refractivity contribution in [2.24, 2.45) is 0 Å². The Labute approximate surface area is 83.4 Å². The number of nitrogens with zero attached hydrogens (tertiary/aromatic N) is 1. The van der Waals surface area contributed by atoms with Gasteiger partial charge in [0, 0.05) is 11.1 Å². The smallest absolute Gasteiger partial charge is 0.294 e. The van der Waals surface area contributed by atoms with Crippen LogP contribution in [0, 0.1) is 0 Å². The highest BCUT2D eigenvalue weighted by molar-refractivity contribution is 7.06. The summed E-state index contributed by atoms with van der Waals surface area (Å²) in [5.74, 6) is 0. The summed E-state index contributed by atoms with van der Waals surface area (Å²) in [6, 6.07) is 1.73. The highest BCUT2D eigenvalue weighted by Gasteiger charge is 2.20. The molecule has 0 aromatic carbocycles. The van der Waals surface area contributed by atoms with E-state index in [-0.39, 0.29) is 6.47 Å². The maximum Gasteiger partial charge on any atom is 0.294 e. The summed E-state index contributed by atoms with van der Waals surface area (Å²) in [5, 5.41) is -0.538. The average molecular weight is 226 g/mol. The second-order valence-corrected chi connectivity index (χ2v) is 3.67. The molecule has 0 aliphatic carbocycles. The number of hydrogen-bond donors (Lipinski definition) is 0. The van der Waals surface area contributed by atoms with Gasteiger partial charge in [0.15, 0.2) is 5.56 Å². The van der Waals surface area contributed by atoms with E-state index in [1.807, 2.05) is 0 Å². The van der Waals surface area contributed by atoms with Gasteiger partial charge in [-0.1, -0.05) is 11.6 Å². The van der Waals surface area contributed by atoms with Crippen molar-refractivity contribution in [3.8, 4) is 0 Å². The minimum Gasteiger partial charge on any atom is -0.446 e. The van der Waals surface area contributed by atoms with Gasteiger partial charge in [-0.25, -0.2) is 4.37 Å². The predicted octanol–water partition coefficient (Wildman–Crippen LogP) is 2.16. The van der Waals surface area contributed by atoms with E-state index in [4.69, 9.17) is 23.2 Å². The fourth-order valence-electron chi connectivity index (χ4n) is 0.619. The van der Waals surface area contributed by atoms with E-state index in [2.05, 4.69) is 9.11 Å². The van der Waals surface area contributed by atoms with Gasteiger partial charge in [-0.2, -0.15) is 0 Å². The Morgan fingerprint density at radius 2 is 2.42 bits per heavy atom. The summed E-state index contributed by atoms with van der Waals surface area (Å²) < 4.78 is 8.30. The molecule has 0 fully saturated rings. The first-order valence-corrected chi connectivity index (χ1v) is 4.68. The summed E-state index contributed by atoms with van der Waals surface area (Å²) in [6.07, 6.45) is 1.61. The van der Waals surface area contributed by atoms with Gasteiger partial charge in [0.2, 0.25) is 0 Å². The Morgan fingerprint density at radius 3 is 2.92 bits per heavy atom. The number of rotatable bonds is 4. The molecule has 66 valence electrons. The maximum atomic E-state index is 9.91. The first-order chi connectivity index (χ1) is 5.75. The van der Waals surface area contributed by atoms with Crippen molar-refractivity contribution in [2.75, 3.05) is 0 Å². The molecule has 1 heterocycles. The lowest BCUT2D eigenvalue weighted by Gasteiger charge is -2.11. The van der Waals surface area contributed by atoms with Crippen LogP contribution in [0.3, 0.4) is 0 Å². The van der Waals surface area contributed by atoms with Crippen LogP contribution in [-0.4, -0.2) is 16.4 Å². The van der Waals surface area contributed by atoms with Crippen LogP contribution in [0.1, 0.15) is 10.3 Å². The van der Waals surface area contributed by atoms with Gasteiger partial charge in [-0.05, 0) is 17.6 Å². The van der Waals surface area contributed by atoms with E-state index in [0.717, 1.165) is 4.88 Å². The summed E-state index contributed by atoms with van der Waals surface area (Å²) >= 11 is 12.7. The molecule has 2 unspecified atom stereocenters. The molecular formula is C6H5Cl2NO2S. The van der Waals surface area contributed by atoms with Crippen molar-refractivity contribution >= 4 is 41.2 Å². The average Bonchev–Trinajstić information content (AvgIpc) is 2.55. The van der Waals surface area contributed by atoms with E-state index >= 15 is 0 Å². The van der Waals surface area contributed by atoms with E-state index < -0.39 is 10.9 Å². The molecular weight excluding hydrogens is 221 g/mol. The Bertz CT molecular complexity index is 242. The van der Waals surface area contributed by atoms with Crippen LogP contribution in [0.15, 0.2) is 12.3 Å².